The first-order valence-electron chi connectivity index (χ1n) is 5.38. The molecule has 0 radical (unpaired) electrons. The van der Waals surface area contributed by atoms with Crippen molar-refractivity contribution >= 4 is 43.2 Å². The highest BCUT2D eigenvalue weighted by atomic mass is 79.9. The van der Waals surface area contributed by atoms with Crippen LogP contribution in [0.3, 0.4) is 0 Å². The monoisotopic (exact) mass is 353 g/mol. The molecule has 0 aliphatic rings. The summed E-state index contributed by atoms with van der Waals surface area (Å²) in [5.74, 6) is 0. The van der Waals surface area contributed by atoms with E-state index >= 15 is 0 Å². The maximum atomic E-state index is 3.59. The maximum absolute atomic E-state index is 3.59. The van der Waals surface area contributed by atoms with Crippen LogP contribution in [0.2, 0.25) is 0 Å². The van der Waals surface area contributed by atoms with E-state index in [0.29, 0.717) is 0 Å². The lowest BCUT2D eigenvalue weighted by Crippen LogP contribution is -2.13. The first kappa shape index (κ1) is 13.7. The molecule has 0 aliphatic heterocycles. The number of halogens is 2. The lowest BCUT2D eigenvalue weighted by Gasteiger charge is -2.01. The number of thiophene rings is 1. The van der Waals surface area contributed by atoms with E-state index < -0.39 is 0 Å². The fraction of sp³-hybridized carbons (Fsp3) is 0.636. The molecule has 1 aromatic heterocycles. The zero-order chi connectivity index (χ0) is 11.1. The smallest absolute Gasteiger partial charge is 0.0742 e. The van der Waals surface area contributed by atoms with E-state index in [-0.39, 0.29) is 0 Å². The zero-order valence-electron chi connectivity index (χ0n) is 8.98. The minimum absolute atomic E-state index is 1.09. The van der Waals surface area contributed by atoms with Crippen LogP contribution in [0.4, 0.5) is 0 Å². The highest BCUT2D eigenvalue weighted by molar-refractivity contribution is 9.12. The Bertz CT molecular complexity index is 286. The molecule has 4 heteroatoms. The third-order valence-corrected chi connectivity index (χ3v) is 4.74. The number of aryl methyl sites for hydroxylation is 1. The van der Waals surface area contributed by atoms with Gasteiger partial charge in [-0.1, -0.05) is 13.3 Å². The maximum Gasteiger partial charge on any atom is 0.0742 e. The van der Waals surface area contributed by atoms with Gasteiger partial charge in [-0.05, 0) is 75.8 Å². The highest BCUT2D eigenvalue weighted by Gasteiger charge is 2.04. The molecule has 0 unspecified atom stereocenters. The van der Waals surface area contributed by atoms with Gasteiger partial charge in [0.2, 0.25) is 0 Å². The molecule has 1 heterocycles. The normalized spacial score (nSPS) is 10.9. The molecule has 0 saturated heterocycles. The van der Waals surface area contributed by atoms with Crippen molar-refractivity contribution in [1.82, 2.24) is 5.32 Å². The van der Waals surface area contributed by atoms with Crippen LogP contribution in [-0.2, 0) is 6.42 Å². The van der Waals surface area contributed by atoms with Gasteiger partial charge in [-0.3, -0.25) is 0 Å². The van der Waals surface area contributed by atoms with Crippen molar-refractivity contribution in [1.29, 1.82) is 0 Å². The summed E-state index contributed by atoms with van der Waals surface area (Å²) in [5.41, 5.74) is 1.44. The van der Waals surface area contributed by atoms with Crippen molar-refractivity contribution in [3.63, 3.8) is 0 Å². The zero-order valence-corrected chi connectivity index (χ0v) is 13.0. The van der Waals surface area contributed by atoms with Gasteiger partial charge in [0.15, 0.2) is 0 Å². The average molecular weight is 355 g/mol. The van der Waals surface area contributed by atoms with E-state index in [1.54, 1.807) is 11.3 Å². The molecule has 1 N–H and O–H groups in total. The van der Waals surface area contributed by atoms with E-state index in [4.69, 9.17) is 0 Å². The Morgan fingerprint density at radius 3 is 2.67 bits per heavy atom. The average Bonchev–Trinajstić information content (AvgIpc) is 2.51. The quantitative estimate of drug-likeness (QED) is 0.706. The summed E-state index contributed by atoms with van der Waals surface area (Å²) in [5, 5.41) is 3.35. The molecule has 0 aliphatic carbocycles. The second-order valence-electron chi connectivity index (χ2n) is 3.51. The summed E-state index contributed by atoms with van der Waals surface area (Å²) < 4.78 is 2.50. The highest BCUT2D eigenvalue weighted by Crippen LogP contribution is 2.32. The van der Waals surface area contributed by atoms with E-state index in [1.807, 2.05) is 0 Å². The SMILES string of the molecule is CCNCCCCCc1cc(Br)sc1Br. The minimum atomic E-state index is 1.09. The van der Waals surface area contributed by atoms with Crippen LogP contribution in [0.1, 0.15) is 31.7 Å². The van der Waals surface area contributed by atoms with Gasteiger partial charge in [-0.15, -0.1) is 11.3 Å². The lowest BCUT2D eigenvalue weighted by molar-refractivity contribution is 0.616. The van der Waals surface area contributed by atoms with E-state index in [0.717, 1.165) is 13.1 Å². The Morgan fingerprint density at radius 2 is 2.07 bits per heavy atom. The Balaban J connectivity index is 2.12. The Morgan fingerprint density at radius 1 is 1.27 bits per heavy atom. The van der Waals surface area contributed by atoms with Gasteiger partial charge in [0.25, 0.3) is 0 Å². The van der Waals surface area contributed by atoms with Crippen molar-refractivity contribution in [2.75, 3.05) is 13.1 Å². The van der Waals surface area contributed by atoms with Crippen LogP contribution in [0, 0.1) is 0 Å². The predicted molar refractivity (Wildman–Crippen MR) is 75.8 cm³/mol. The van der Waals surface area contributed by atoms with E-state index in [2.05, 4.69) is 50.2 Å². The molecule has 0 spiro atoms. The number of rotatable bonds is 7. The van der Waals surface area contributed by atoms with Gasteiger partial charge in [0, 0.05) is 0 Å². The van der Waals surface area contributed by atoms with Gasteiger partial charge in [-0.25, -0.2) is 0 Å². The van der Waals surface area contributed by atoms with Gasteiger partial charge in [-0.2, -0.15) is 0 Å². The second kappa shape index (κ2) is 7.82. The Kier molecular flexibility index (Phi) is 7.14. The minimum Gasteiger partial charge on any atom is -0.317 e. The summed E-state index contributed by atoms with van der Waals surface area (Å²) in [6, 6.07) is 2.22. The summed E-state index contributed by atoms with van der Waals surface area (Å²) in [6.07, 6.45) is 5.08. The molecular weight excluding hydrogens is 338 g/mol. The standard InChI is InChI=1S/C11H17Br2NS/c1-2-14-7-5-3-4-6-9-8-10(12)15-11(9)13/h8,14H,2-7H2,1H3. The van der Waals surface area contributed by atoms with Gasteiger partial charge >= 0.3 is 0 Å². The summed E-state index contributed by atoms with van der Waals surface area (Å²) in [6.45, 7) is 4.40. The van der Waals surface area contributed by atoms with Crippen LogP contribution in [-0.4, -0.2) is 13.1 Å². The van der Waals surface area contributed by atoms with Gasteiger partial charge < -0.3 is 5.32 Å². The topological polar surface area (TPSA) is 12.0 Å². The van der Waals surface area contributed by atoms with Crippen LogP contribution in [0.5, 0.6) is 0 Å². The first-order valence-corrected chi connectivity index (χ1v) is 7.78. The number of hydrogen-bond donors (Lipinski definition) is 1. The largest absolute Gasteiger partial charge is 0.317 e. The number of hydrogen-bond acceptors (Lipinski definition) is 2. The van der Waals surface area contributed by atoms with Crippen molar-refractivity contribution < 1.29 is 0 Å². The molecule has 0 aromatic carbocycles. The summed E-state index contributed by atoms with van der Waals surface area (Å²) in [4.78, 5) is 0. The third-order valence-electron chi connectivity index (χ3n) is 2.28. The molecule has 0 fully saturated rings. The number of nitrogens with one attached hydrogen (secondary N) is 1. The summed E-state index contributed by atoms with van der Waals surface area (Å²) >= 11 is 8.85. The molecule has 0 amide bonds. The van der Waals surface area contributed by atoms with Gasteiger partial charge in [0.1, 0.15) is 0 Å². The Labute approximate surface area is 113 Å². The van der Waals surface area contributed by atoms with Crippen LogP contribution < -0.4 is 5.32 Å². The van der Waals surface area contributed by atoms with Crippen LogP contribution in [0.25, 0.3) is 0 Å². The fourth-order valence-corrected chi connectivity index (χ4v) is 4.38. The second-order valence-corrected chi connectivity index (χ2v) is 7.26. The first-order chi connectivity index (χ1) is 7.24. The Hall–Kier alpha value is 0.620. The van der Waals surface area contributed by atoms with Crippen molar-refractivity contribution in [3.8, 4) is 0 Å². The molecule has 0 bridgehead atoms. The van der Waals surface area contributed by atoms with Crippen LogP contribution >= 0.6 is 43.2 Å². The van der Waals surface area contributed by atoms with Gasteiger partial charge in [0.05, 0.1) is 7.57 Å². The molecule has 1 nitrogen and oxygen atoms in total. The lowest BCUT2D eigenvalue weighted by atomic mass is 10.1. The predicted octanol–water partition coefficient (Wildman–Crippen LogP) is 4.60. The van der Waals surface area contributed by atoms with Crippen molar-refractivity contribution in [2.24, 2.45) is 0 Å². The molecular formula is C11H17Br2NS. The van der Waals surface area contributed by atoms with Crippen LogP contribution in [0.15, 0.2) is 13.6 Å². The molecule has 86 valence electrons. The molecule has 15 heavy (non-hydrogen) atoms. The third kappa shape index (κ3) is 5.48. The van der Waals surface area contributed by atoms with Crippen molar-refractivity contribution in [2.45, 2.75) is 32.6 Å². The van der Waals surface area contributed by atoms with E-state index in [9.17, 15) is 0 Å². The van der Waals surface area contributed by atoms with E-state index in [1.165, 1.54) is 38.8 Å². The molecule has 0 atom stereocenters. The molecule has 1 aromatic rings. The fourth-order valence-electron chi connectivity index (χ4n) is 1.46. The molecule has 1 rings (SSSR count). The summed E-state index contributed by atoms with van der Waals surface area (Å²) in [7, 11) is 0. The number of unbranched alkanes of at least 4 members (excludes halogenated alkanes) is 2. The molecule has 0 saturated carbocycles. The van der Waals surface area contributed by atoms with Crippen molar-refractivity contribution in [3.05, 3.63) is 19.2 Å².